The highest BCUT2D eigenvalue weighted by Gasteiger charge is 2.19. The number of para-hydroxylation sites is 1. The maximum Gasteiger partial charge on any atom is 0.233 e. The molecule has 0 radical (unpaired) electrons. The molecule has 0 aliphatic heterocycles. The Labute approximate surface area is 126 Å². The van der Waals surface area contributed by atoms with Gasteiger partial charge < -0.3 is 9.73 Å². The summed E-state index contributed by atoms with van der Waals surface area (Å²) in [6, 6.07) is 7.74. The van der Waals surface area contributed by atoms with Gasteiger partial charge >= 0.3 is 0 Å². The van der Waals surface area contributed by atoms with Gasteiger partial charge in [0.25, 0.3) is 0 Å². The maximum absolute atomic E-state index is 11.8. The summed E-state index contributed by atoms with van der Waals surface area (Å²) in [6.45, 7) is 4.37. The molecule has 0 bridgehead atoms. The molecule has 0 fully saturated rings. The first-order valence-electron chi connectivity index (χ1n) is 6.77. The summed E-state index contributed by atoms with van der Waals surface area (Å²) in [5.74, 6) is -0.00891. The maximum atomic E-state index is 11.8. The van der Waals surface area contributed by atoms with Crippen LogP contribution in [0.3, 0.4) is 0 Å². The summed E-state index contributed by atoms with van der Waals surface area (Å²) >= 11 is 1.38. The highest BCUT2D eigenvalue weighted by atomic mass is 32.2. The van der Waals surface area contributed by atoms with Gasteiger partial charge in [0.2, 0.25) is 5.91 Å². The SMILES string of the molecule is CCNC(=O)[C@H](C)Sc1ncnc2c1oc1ccccc12. The van der Waals surface area contributed by atoms with E-state index in [0.29, 0.717) is 17.2 Å². The molecule has 0 aliphatic carbocycles. The van der Waals surface area contributed by atoms with Crippen LogP contribution < -0.4 is 5.32 Å². The number of aromatic nitrogens is 2. The Hall–Kier alpha value is -2.08. The van der Waals surface area contributed by atoms with Crippen molar-refractivity contribution in [2.45, 2.75) is 24.1 Å². The highest BCUT2D eigenvalue weighted by Crippen LogP contribution is 2.33. The molecule has 1 aromatic carbocycles. The number of carbonyl (C=O) groups is 1. The molecule has 3 aromatic rings. The molecule has 0 saturated heterocycles. The Morgan fingerprint density at radius 3 is 3.00 bits per heavy atom. The van der Waals surface area contributed by atoms with Gasteiger partial charge in [-0.15, -0.1) is 0 Å². The molecule has 6 heteroatoms. The Kier molecular flexibility index (Phi) is 3.79. The second-order valence-corrected chi connectivity index (χ2v) is 5.94. The van der Waals surface area contributed by atoms with Crippen LogP contribution in [0, 0.1) is 0 Å². The number of furan rings is 1. The number of carbonyl (C=O) groups excluding carboxylic acids is 1. The van der Waals surface area contributed by atoms with E-state index in [1.54, 1.807) is 0 Å². The molecule has 3 rings (SSSR count). The summed E-state index contributed by atoms with van der Waals surface area (Å²) in [5.41, 5.74) is 2.20. The number of thioether (sulfide) groups is 1. The number of fused-ring (bicyclic) bond motifs is 3. The Bertz CT molecular complexity index is 800. The molecule has 5 nitrogen and oxygen atoms in total. The molecule has 108 valence electrons. The average molecular weight is 301 g/mol. The quantitative estimate of drug-likeness (QED) is 0.592. The predicted molar refractivity (Wildman–Crippen MR) is 83.3 cm³/mol. The fourth-order valence-corrected chi connectivity index (χ4v) is 3.00. The van der Waals surface area contributed by atoms with Crippen LogP contribution in [0.15, 0.2) is 40.0 Å². The number of nitrogens with zero attached hydrogens (tertiary/aromatic N) is 2. The molecule has 1 amide bonds. The Morgan fingerprint density at radius 1 is 1.38 bits per heavy atom. The minimum Gasteiger partial charge on any atom is -0.451 e. The van der Waals surface area contributed by atoms with Gasteiger partial charge in [-0.2, -0.15) is 0 Å². The number of rotatable bonds is 4. The van der Waals surface area contributed by atoms with Crippen molar-refractivity contribution in [2.24, 2.45) is 0 Å². The predicted octanol–water partition coefficient (Wildman–Crippen LogP) is 2.99. The van der Waals surface area contributed by atoms with E-state index in [9.17, 15) is 4.79 Å². The van der Waals surface area contributed by atoms with E-state index in [4.69, 9.17) is 4.42 Å². The lowest BCUT2D eigenvalue weighted by molar-refractivity contribution is -0.120. The minimum absolute atomic E-state index is 0.00891. The molecule has 0 unspecified atom stereocenters. The van der Waals surface area contributed by atoms with Crippen LogP contribution in [0.4, 0.5) is 0 Å². The molecule has 0 saturated carbocycles. The van der Waals surface area contributed by atoms with E-state index in [1.165, 1.54) is 18.1 Å². The molecule has 2 heterocycles. The first-order chi connectivity index (χ1) is 10.2. The van der Waals surface area contributed by atoms with Crippen molar-refractivity contribution in [2.75, 3.05) is 6.54 Å². The van der Waals surface area contributed by atoms with Crippen molar-refractivity contribution in [1.82, 2.24) is 15.3 Å². The third-order valence-corrected chi connectivity index (χ3v) is 4.22. The summed E-state index contributed by atoms with van der Waals surface area (Å²) in [6.07, 6.45) is 1.51. The van der Waals surface area contributed by atoms with Crippen LogP contribution in [-0.2, 0) is 4.79 Å². The van der Waals surface area contributed by atoms with Gasteiger partial charge in [0.05, 0.1) is 5.25 Å². The summed E-state index contributed by atoms with van der Waals surface area (Å²) in [7, 11) is 0. The van der Waals surface area contributed by atoms with Crippen LogP contribution >= 0.6 is 11.8 Å². The Balaban J connectivity index is 2.01. The van der Waals surface area contributed by atoms with Gasteiger partial charge in [0.1, 0.15) is 22.5 Å². The molecular formula is C15H15N3O2S. The zero-order valence-corrected chi connectivity index (χ0v) is 12.6. The molecule has 21 heavy (non-hydrogen) atoms. The standard InChI is InChI=1S/C15H15N3O2S/c1-3-16-14(19)9(2)21-15-13-12(17-8-18-15)10-6-4-5-7-11(10)20-13/h4-9H,3H2,1-2H3,(H,16,19)/t9-/m0/s1. The van der Waals surface area contributed by atoms with Crippen LogP contribution in [0.25, 0.3) is 22.1 Å². The number of nitrogens with one attached hydrogen (secondary N) is 1. The summed E-state index contributed by atoms with van der Waals surface area (Å²) < 4.78 is 5.85. The van der Waals surface area contributed by atoms with E-state index in [2.05, 4.69) is 15.3 Å². The van der Waals surface area contributed by atoms with Crippen LogP contribution in [0.2, 0.25) is 0 Å². The molecule has 1 atom stereocenters. The van der Waals surface area contributed by atoms with Gasteiger partial charge in [-0.3, -0.25) is 4.79 Å². The fourth-order valence-electron chi connectivity index (χ4n) is 2.13. The van der Waals surface area contributed by atoms with Gasteiger partial charge in [-0.05, 0) is 26.0 Å². The zero-order valence-electron chi connectivity index (χ0n) is 11.8. The van der Waals surface area contributed by atoms with Crippen molar-refractivity contribution < 1.29 is 9.21 Å². The van der Waals surface area contributed by atoms with Crippen molar-refractivity contribution in [3.63, 3.8) is 0 Å². The lowest BCUT2D eigenvalue weighted by Gasteiger charge is -2.09. The lowest BCUT2D eigenvalue weighted by atomic mass is 10.2. The third kappa shape index (κ3) is 2.58. The zero-order chi connectivity index (χ0) is 14.8. The normalized spacial score (nSPS) is 12.7. The first kappa shape index (κ1) is 13.9. The van der Waals surface area contributed by atoms with E-state index in [-0.39, 0.29) is 11.2 Å². The number of hydrogen-bond donors (Lipinski definition) is 1. The molecule has 2 aromatic heterocycles. The first-order valence-corrected chi connectivity index (χ1v) is 7.65. The van der Waals surface area contributed by atoms with Gasteiger partial charge in [0.15, 0.2) is 5.58 Å². The van der Waals surface area contributed by atoms with Gasteiger partial charge in [-0.25, -0.2) is 9.97 Å². The second-order valence-electron chi connectivity index (χ2n) is 4.61. The fraction of sp³-hybridized carbons (Fsp3) is 0.267. The van der Waals surface area contributed by atoms with Crippen molar-refractivity contribution >= 4 is 39.7 Å². The van der Waals surface area contributed by atoms with Gasteiger partial charge in [-0.1, -0.05) is 23.9 Å². The topological polar surface area (TPSA) is 68.0 Å². The van der Waals surface area contributed by atoms with Crippen LogP contribution in [0.1, 0.15) is 13.8 Å². The van der Waals surface area contributed by atoms with Crippen molar-refractivity contribution in [1.29, 1.82) is 0 Å². The molecular weight excluding hydrogens is 286 g/mol. The Morgan fingerprint density at radius 2 is 2.19 bits per heavy atom. The van der Waals surface area contributed by atoms with Crippen molar-refractivity contribution in [3.05, 3.63) is 30.6 Å². The summed E-state index contributed by atoms with van der Waals surface area (Å²) in [5, 5.41) is 4.22. The van der Waals surface area contributed by atoms with E-state index in [1.807, 2.05) is 38.1 Å². The monoisotopic (exact) mass is 301 g/mol. The molecule has 1 N–H and O–H groups in total. The van der Waals surface area contributed by atoms with E-state index < -0.39 is 0 Å². The minimum atomic E-state index is -0.240. The largest absolute Gasteiger partial charge is 0.451 e. The highest BCUT2D eigenvalue weighted by molar-refractivity contribution is 8.00. The smallest absolute Gasteiger partial charge is 0.233 e. The van der Waals surface area contributed by atoms with E-state index >= 15 is 0 Å². The van der Waals surface area contributed by atoms with Crippen LogP contribution in [0.5, 0.6) is 0 Å². The second kappa shape index (κ2) is 5.73. The lowest BCUT2D eigenvalue weighted by Crippen LogP contribution is -2.30. The molecule has 0 aliphatic rings. The van der Waals surface area contributed by atoms with Gasteiger partial charge in [0, 0.05) is 11.9 Å². The third-order valence-electron chi connectivity index (χ3n) is 3.13. The van der Waals surface area contributed by atoms with Crippen LogP contribution in [-0.4, -0.2) is 27.7 Å². The van der Waals surface area contributed by atoms with E-state index in [0.717, 1.165) is 16.5 Å². The average Bonchev–Trinajstić information content (AvgIpc) is 2.87. The number of hydrogen-bond acceptors (Lipinski definition) is 5. The molecule has 0 spiro atoms. The number of amides is 1. The van der Waals surface area contributed by atoms with Crippen molar-refractivity contribution in [3.8, 4) is 0 Å². The number of benzene rings is 1. The summed E-state index contributed by atoms with van der Waals surface area (Å²) in [4.78, 5) is 20.4.